The molecular weight excluding hydrogens is 261 g/mol. The monoisotopic (exact) mass is 281 g/mol. The first kappa shape index (κ1) is 16.1. The zero-order chi connectivity index (χ0) is 15.5. The molecule has 0 unspecified atom stereocenters. The van der Waals surface area contributed by atoms with E-state index in [9.17, 15) is 14.0 Å². The molecule has 1 aromatic rings. The van der Waals surface area contributed by atoms with Gasteiger partial charge in [0.05, 0.1) is 5.69 Å². The van der Waals surface area contributed by atoms with Crippen molar-refractivity contribution in [2.75, 3.05) is 5.32 Å². The van der Waals surface area contributed by atoms with Gasteiger partial charge in [-0.3, -0.25) is 10.1 Å². The van der Waals surface area contributed by atoms with Gasteiger partial charge in [-0.05, 0) is 39.0 Å². The first-order valence-corrected chi connectivity index (χ1v) is 6.44. The summed E-state index contributed by atoms with van der Waals surface area (Å²) in [4.78, 5) is 23.5. The molecule has 0 bridgehead atoms. The maximum Gasteiger partial charge on any atom is 0.412 e. The fourth-order valence-electron chi connectivity index (χ4n) is 1.52. The lowest BCUT2D eigenvalue weighted by Gasteiger charge is -2.20. The molecule has 1 N–H and O–H groups in total. The summed E-state index contributed by atoms with van der Waals surface area (Å²) in [6, 6.07) is 3.88. The molecule has 0 aliphatic heterocycles. The Bertz CT molecular complexity index is 518. The van der Waals surface area contributed by atoms with Gasteiger partial charge in [0.15, 0.2) is 5.78 Å². The number of Topliss-reactive ketones (excluding diaryl/α,β-unsaturated/α-hetero) is 1. The van der Waals surface area contributed by atoms with Crippen molar-refractivity contribution >= 4 is 17.6 Å². The van der Waals surface area contributed by atoms with E-state index < -0.39 is 17.5 Å². The number of amides is 1. The van der Waals surface area contributed by atoms with E-state index in [4.69, 9.17) is 4.74 Å². The quantitative estimate of drug-likeness (QED) is 0.852. The van der Waals surface area contributed by atoms with E-state index in [1.54, 1.807) is 34.6 Å². The van der Waals surface area contributed by atoms with Crippen molar-refractivity contribution in [3.63, 3.8) is 0 Å². The fraction of sp³-hybridized carbons (Fsp3) is 0.467. The standard InChI is InChI=1S/C15H20FNO3/c1-9(2)13(18)10-6-7-11(16)12(8-10)17-14(19)20-15(3,4)5/h6-9H,1-5H3,(H,17,19). The Morgan fingerprint density at radius 1 is 1.25 bits per heavy atom. The number of benzene rings is 1. The van der Waals surface area contributed by atoms with Crippen molar-refractivity contribution in [1.29, 1.82) is 0 Å². The van der Waals surface area contributed by atoms with Gasteiger partial charge in [0.1, 0.15) is 11.4 Å². The average Bonchev–Trinajstić information content (AvgIpc) is 2.28. The van der Waals surface area contributed by atoms with Crippen LogP contribution in [0.1, 0.15) is 45.0 Å². The maximum absolute atomic E-state index is 13.6. The summed E-state index contributed by atoms with van der Waals surface area (Å²) in [7, 11) is 0. The molecule has 1 rings (SSSR count). The lowest BCUT2D eigenvalue weighted by molar-refractivity contribution is 0.0634. The van der Waals surface area contributed by atoms with Crippen LogP contribution in [0.4, 0.5) is 14.9 Å². The Labute approximate surface area is 118 Å². The molecule has 0 heterocycles. The highest BCUT2D eigenvalue weighted by Crippen LogP contribution is 2.19. The zero-order valence-corrected chi connectivity index (χ0v) is 12.4. The lowest BCUT2D eigenvalue weighted by atomic mass is 10.0. The van der Waals surface area contributed by atoms with Crippen molar-refractivity contribution < 1.29 is 18.7 Å². The number of carbonyl (C=O) groups is 2. The molecule has 0 saturated carbocycles. The Hall–Kier alpha value is -1.91. The Kier molecular flexibility index (Phi) is 4.87. The van der Waals surface area contributed by atoms with Crippen LogP contribution in [0.25, 0.3) is 0 Å². The number of ketones is 1. The van der Waals surface area contributed by atoms with Crippen molar-refractivity contribution in [2.24, 2.45) is 5.92 Å². The molecule has 20 heavy (non-hydrogen) atoms. The Morgan fingerprint density at radius 2 is 1.85 bits per heavy atom. The number of ether oxygens (including phenoxy) is 1. The van der Waals surface area contributed by atoms with E-state index in [-0.39, 0.29) is 17.4 Å². The smallest absolute Gasteiger partial charge is 0.412 e. The maximum atomic E-state index is 13.6. The third-order valence-electron chi connectivity index (χ3n) is 2.41. The predicted molar refractivity (Wildman–Crippen MR) is 75.4 cm³/mol. The third kappa shape index (κ3) is 4.64. The van der Waals surface area contributed by atoms with Gasteiger partial charge in [0, 0.05) is 11.5 Å². The predicted octanol–water partition coefficient (Wildman–Crippen LogP) is 4.01. The van der Waals surface area contributed by atoms with E-state index in [1.165, 1.54) is 12.1 Å². The molecule has 4 nitrogen and oxygen atoms in total. The van der Waals surface area contributed by atoms with Gasteiger partial charge in [0.2, 0.25) is 0 Å². The summed E-state index contributed by atoms with van der Waals surface area (Å²) in [5.74, 6) is -0.928. The number of anilines is 1. The second-order valence-electron chi connectivity index (χ2n) is 5.84. The van der Waals surface area contributed by atoms with Crippen LogP contribution in [0.5, 0.6) is 0 Å². The second-order valence-corrected chi connectivity index (χ2v) is 5.84. The molecule has 0 atom stereocenters. The van der Waals surface area contributed by atoms with E-state index in [2.05, 4.69) is 5.32 Å². The van der Waals surface area contributed by atoms with Crippen LogP contribution in [0, 0.1) is 11.7 Å². The lowest BCUT2D eigenvalue weighted by Crippen LogP contribution is -2.27. The molecule has 0 radical (unpaired) electrons. The molecule has 0 aliphatic rings. The summed E-state index contributed by atoms with van der Waals surface area (Å²) in [6.45, 7) is 8.64. The topological polar surface area (TPSA) is 55.4 Å². The molecular formula is C15H20FNO3. The summed E-state index contributed by atoms with van der Waals surface area (Å²) in [5, 5.41) is 2.31. The highest BCUT2D eigenvalue weighted by molar-refractivity contribution is 5.99. The van der Waals surface area contributed by atoms with Gasteiger partial charge in [-0.25, -0.2) is 9.18 Å². The van der Waals surface area contributed by atoms with Crippen molar-refractivity contribution in [3.05, 3.63) is 29.6 Å². The SMILES string of the molecule is CC(C)C(=O)c1ccc(F)c(NC(=O)OC(C)(C)C)c1. The van der Waals surface area contributed by atoms with Gasteiger partial charge >= 0.3 is 6.09 Å². The molecule has 0 fully saturated rings. The molecule has 1 aromatic carbocycles. The van der Waals surface area contributed by atoms with Crippen LogP contribution >= 0.6 is 0 Å². The molecule has 0 aromatic heterocycles. The van der Waals surface area contributed by atoms with Gasteiger partial charge in [-0.1, -0.05) is 13.8 Å². The molecule has 0 aliphatic carbocycles. The van der Waals surface area contributed by atoms with Gasteiger partial charge in [-0.2, -0.15) is 0 Å². The van der Waals surface area contributed by atoms with Gasteiger partial charge in [-0.15, -0.1) is 0 Å². The first-order valence-electron chi connectivity index (χ1n) is 6.44. The number of hydrogen-bond donors (Lipinski definition) is 1. The zero-order valence-electron chi connectivity index (χ0n) is 12.4. The summed E-state index contributed by atoms with van der Waals surface area (Å²) >= 11 is 0. The average molecular weight is 281 g/mol. The van der Waals surface area contributed by atoms with Crippen LogP contribution in [0.2, 0.25) is 0 Å². The highest BCUT2D eigenvalue weighted by Gasteiger charge is 2.18. The molecule has 0 saturated heterocycles. The van der Waals surface area contributed by atoms with Crippen LogP contribution in [0.15, 0.2) is 18.2 Å². The van der Waals surface area contributed by atoms with Crippen LogP contribution in [0.3, 0.4) is 0 Å². The first-order chi connectivity index (χ1) is 9.10. The molecule has 0 spiro atoms. The second kappa shape index (κ2) is 6.03. The highest BCUT2D eigenvalue weighted by atomic mass is 19.1. The van der Waals surface area contributed by atoms with Crippen molar-refractivity contribution in [2.45, 2.75) is 40.2 Å². The van der Waals surface area contributed by atoms with E-state index in [0.717, 1.165) is 6.07 Å². The van der Waals surface area contributed by atoms with Crippen molar-refractivity contribution in [3.8, 4) is 0 Å². The van der Waals surface area contributed by atoms with E-state index >= 15 is 0 Å². The number of hydrogen-bond acceptors (Lipinski definition) is 3. The normalized spacial score (nSPS) is 11.3. The molecule has 1 amide bonds. The summed E-state index contributed by atoms with van der Waals surface area (Å²) < 4.78 is 18.7. The van der Waals surface area contributed by atoms with Gasteiger partial charge in [0.25, 0.3) is 0 Å². The van der Waals surface area contributed by atoms with Crippen LogP contribution in [-0.4, -0.2) is 17.5 Å². The Balaban J connectivity index is 2.93. The molecule has 110 valence electrons. The van der Waals surface area contributed by atoms with Crippen LogP contribution < -0.4 is 5.32 Å². The van der Waals surface area contributed by atoms with Gasteiger partial charge < -0.3 is 4.74 Å². The Morgan fingerprint density at radius 3 is 2.35 bits per heavy atom. The summed E-state index contributed by atoms with van der Waals surface area (Å²) in [5.41, 5.74) is -0.385. The van der Waals surface area contributed by atoms with E-state index in [1.807, 2.05) is 0 Å². The van der Waals surface area contributed by atoms with Crippen molar-refractivity contribution in [1.82, 2.24) is 0 Å². The number of carbonyl (C=O) groups excluding carboxylic acids is 2. The minimum atomic E-state index is -0.759. The largest absolute Gasteiger partial charge is 0.444 e. The molecule has 5 heteroatoms. The van der Waals surface area contributed by atoms with E-state index in [0.29, 0.717) is 5.56 Å². The fourth-order valence-corrected chi connectivity index (χ4v) is 1.52. The minimum absolute atomic E-state index is 0.0641. The minimum Gasteiger partial charge on any atom is -0.444 e. The number of halogens is 1. The third-order valence-corrected chi connectivity index (χ3v) is 2.41. The number of rotatable bonds is 3. The number of nitrogens with one attached hydrogen (secondary N) is 1. The van der Waals surface area contributed by atoms with Crippen LogP contribution in [-0.2, 0) is 4.74 Å². The summed E-state index contributed by atoms with van der Waals surface area (Å²) in [6.07, 6.45) is -0.759.